The first-order valence-electron chi connectivity index (χ1n) is 4.85. The molecule has 1 aromatic carbocycles. The van der Waals surface area contributed by atoms with E-state index in [2.05, 4.69) is 15.9 Å². The molecule has 0 spiro atoms. The highest BCUT2D eigenvalue weighted by molar-refractivity contribution is 9.09. The van der Waals surface area contributed by atoms with E-state index < -0.39 is 0 Å². The maximum atomic E-state index is 11.4. The van der Waals surface area contributed by atoms with Crippen LogP contribution in [0.25, 0.3) is 0 Å². The standard InChI is InChI=1S/C11H11BrCl2O2/c12-6-2-1-3-11(15)16-8-4-5-9(13)10(14)7-8/h4-5,7H,1-3,6H2. The van der Waals surface area contributed by atoms with E-state index in [-0.39, 0.29) is 5.97 Å². The van der Waals surface area contributed by atoms with Gasteiger partial charge in [-0.05, 0) is 25.0 Å². The van der Waals surface area contributed by atoms with Crippen molar-refractivity contribution in [2.24, 2.45) is 0 Å². The minimum atomic E-state index is -0.251. The quantitative estimate of drug-likeness (QED) is 0.345. The zero-order chi connectivity index (χ0) is 12.0. The van der Waals surface area contributed by atoms with Gasteiger partial charge in [-0.15, -0.1) is 0 Å². The maximum Gasteiger partial charge on any atom is 0.311 e. The van der Waals surface area contributed by atoms with E-state index in [4.69, 9.17) is 27.9 Å². The molecule has 16 heavy (non-hydrogen) atoms. The number of benzene rings is 1. The van der Waals surface area contributed by atoms with E-state index in [9.17, 15) is 4.79 Å². The highest BCUT2D eigenvalue weighted by atomic mass is 79.9. The number of carbonyl (C=O) groups is 1. The Hall–Kier alpha value is -0.250. The van der Waals surface area contributed by atoms with Crippen LogP contribution in [0.2, 0.25) is 10.0 Å². The molecular formula is C11H11BrCl2O2. The largest absolute Gasteiger partial charge is 0.426 e. The molecule has 0 aliphatic carbocycles. The Morgan fingerprint density at radius 3 is 2.62 bits per heavy atom. The number of halogens is 3. The molecule has 0 aliphatic heterocycles. The summed E-state index contributed by atoms with van der Waals surface area (Å²) in [6, 6.07) is 4.76. The Morgan fingerprint density at radius 1 is 1.25 bits per heavy atom. The van der Waals surface area contributed by atoms with Crippen LogP contribution in [0, 0.1) is 0 Å². The van der Waals surface area contributed by atoms with Crippen molar-refractivity contribution in [2.75, 3.05) is 5.33 Å². The van der Waals surface area contributed by atoms with E-state index in [0.717, 1.165) is 18.2 Å². The molecule has 5 heteroatoms. The predicted octanol–water partition coefficient (Wildman–Crippen LogP) is 4.46. The molecule has 1 aromatic rings. The smallest absolute Gasteiger partial charge is 0.311 e. The van der Waals surface area contributed by atoms with E-state index in [1.807, 2.05) is 0 Å². The SMILES string of the molecule is O=C(CCCCBr)Oc1ccc(Cl)c(Cl)c1. The Bertz CT molecular complexity index is 369. The summed E-state index contributed by atoms with van der Waals surface area (Å²) in [6.07, 6.45) is 2.17. The van der Waals surface area contributed by atoms with Crippen LogP contribution in [0.3, 0.4) is 0 Å². The maximum absolute atomic E-state index is 11.4. The molecule has 1 rings (SSSR count). The zero-order valence-corrected chi connectivity index (χ0v) is 11.6. The molecule has 0 radical (unpaired) electrons. The number of hydrogen-bond acceptors (Lipinski definition) is 2. The van der Waals surface area contributed by atoms with Crippen LogP contribution in [0.1, 0.15) is 19.3 Å². The van der Waals surface area contributed by atoms with Gasteiger partial charge in [0.15, 0.2) is 0 Å². The number of hydrogen-bond donors (Lipinski definition) is 0. The molecule has 0 aliphatic rings. The summed E-state index contributed by atoms with van der Waals surface area (Å²) in [5.74, 6) is 0.178. The van der Waals surface area contributed by atoms with Crippen molar-refractivity contribution in [3.8, 4) is 5.75 Å². The van der Waals surface area contributed by atoms with E-state index in [1.165, 1.54) is 6.07 Å². The van der Waals surface area contributed by atoms with Gasteiger partial charge in [0.1, 0.15) is 5.75 Å². The van der Waals surface area contributed by atoms with E-state index in [0.29, 0.717) is 22.2 Å². The lowest BCUT2D eigenvalue weighted by atomic mass is 10.2. The molecule has 2 nitrogen and oxygen atoms in total. The first kappa shape index (κ1) is 13.8. The number of carbonyl (C=O) groups excluding carboxylic acids is 1. The second-order valence-electron chi connectivity index (χ2n) is 3.20. The normalized spacial score (nSPS) is 10.2. The van der Waals surface area contributed by atoms with Gasteiger partial charge in [0.25, 0.3) is 0 Å². The number of esters is 1. The molecular weight excluding hydrogens is 315 g/mol. The molecule has 0 amide bonds. The van der Waals surface area contributed by atoms with Gasteiger partial charge in [0.05, 0.1) is 10.0 Å². The Morgan fingerprint density at radius 2 is 2.00 bits per heavy atom. The fraction of sp³-hybridized carbons (Fsp3) is 0.364. The molecule has 0 unspecified atom stereocenters. The Kier molecular flexibility index (Phi) is 6.17. The van der Waals surface area contributed by atoms with Crippen molar-refractivity contribution >= 4 is 45.1 Å². The van der Waals surface area contributed by atoms with Gasteiger partial charge in [0, 0.05) is 17.8 Å². The lowest BCUT2D eigenvalue weighted by molar-refractivity contribution is -0.134. The molecule has 0 atom stereocenters. The lowest BCUT2D eigenvalue weighted by Gasteiger charge is -2.04. The van der Waals surface area contributed by atoms with Gasteiger partial charge in [-0.1, -0.05) is 39.1 Å². The van der Waals surface area contributed by atoms with Crippen molar-refractivity contribution in [1.82, 2.24) is 0 Å². The number of alkyl halides is 1. The second kappa shape index (κ2) is 7.15. The zero-order valence-electron chi connectivity index (χ0n) is 8.51. The monoisotopic (exact) mass is 324 g/mol. The van der Waals surface area contributed by atoms with Crippen LogP contribution >= 0.6 is 39.1 Å². The Balaban J connectivity index is 2.46. The van der Waals surface area contributed by atoms with Crippen LogP contribution in [-0.4, -0.2) is 11.3 Å². The van der Waals surface area contributed by atoms with Crippen molar-refractivity contribution in [3.05, 3.63) is 28.2 Å². The van der Waals surface area contributed by atoms with Crippen LogP contribution < -0.4 is 4.74 Å². The van der Waals surface area contributed by atoms with Crippen molar-refractivity contribution in [1.29, 1.82) is 0 Å². The summed E-state index contributed by atoms with van der Waals surface area (Å²) in [4.78, 5) is 11.4. The number of unbranched alkanes of at least 4 members (excludes halogenated alkanes) is 1. The topological polar surface area (TPSA) is 26.3 Å². The van der Waals surface area contributed by atoms with Crippen LogP contribution in [0.15, 0.2) is 18.2 Å². The molecule has 0 aromatic heterocycles. The van der Waals surface area contributed by atoms with E-state index in [1.54, 1.807) is 12.1 Å². The van der Waals surface area contributed by atoms with Crippen molar-refractivity contribution < 1.29 is 9.53 Å². The molecule has 0 bridgehead atoms. The third kappa shape index (κ3) is 4.73. The fourth-order valence-electron chi connectivity index (χ4n) is 1.09. The minimum absolute atomic E-state index is 0.251. The molecule has 88 valence electrons. The summed E-state index contributed by atoms with van der Waals surface area (Å²) in [5, 5.41) is 1.72. The average Bonchev–Trinajstić information content (AvgIpc) is 2.24. The van der Waals surface area contributed by atoms with Crippen molar-refractivity contribution in [2.45, 2.75) is 19.3 Å². The van der Waals surface area contributed by atoms with Crippen LogP contribution in [0.5, 0.6) is 5.75 Å². The first-order valence-corrected chi connectivity index (χ1v) is 6.73. The average molecular weight is 326 g/mol. The predicted molar refractivity (Wildman–Crippen MR) is 69.7 cm³/mol. The number of rotatable bonds is 5. The first-order chi connectivity index (χ1) is 7.63. The van der Waals surface area contributed by atoms with Gasteiger partial charge in [-0.2, -0.15) is 0 Å². The van der Waals surface area contributed by atoms with Gasteiger partial charge in [0.2, 0.25) is 0 Å². The van der Waals surface area contributed by atoms with Gasteiger partial charge >= 0.3 is 5.97 Å². The summed E-state index contributed by atoms with van der Waals surface area (Å²) < 4.78 is 5.10. The van der Waals surface area contributed by atoms with E-state index >= 15 is 0 Å². The number of ether oxygens (including phenoxy) is 1. The summed E-state index contributed by atoms with van der Waals surface area (Å²) in [7, 11) is 0. The third-order valence-corrected chi connectivity index (χ3v) is 3.19. The van der Waals surface area contributed by atoms with Gasteiger partial charge in [-0.3, -0.25) is 4.79 Å². The van der Waals surface area contributed by atoms with Gasteiger partial charge in [-0.25, -0.2) is 0 Å². The molecule has 0 saturated carbocycles. The summed E-state index contributed by atoms with van der Waals surface area (Å²) in [6.45, 7) is 0. The molecule has 0 saturated heterocycles. The molecule has 0 N–H and O–H groups in total. The summed E-state index contributed by atoms with van der Waals surface area (Å²) >= 11 is 14.8. The van der Waals surface area contributed by atoms with Gasteiger partial charge < -0.3 is 4.74 Å². The highest BCUT2D eigenvalue weighted by Gasteiger charge is 2.06. The highest BCUT2D eigenvalue weighted by Crippen LogP contribution is 2.26. The van der Waals surface area contributed by atoms with Crippen LogP contribution in [0.4, 0.5) is 0 Å². The Labute approximate surface area is 113 Å². The lowest BCUT2D eigenvalue weighted by Crippen LogP contribution is -2.07. The van der Waals surface area contributed by atoms with Crippen LogP contribution in [-0.2, 0) is 4.79 Å². The third-order valence-electron chi connectivity index (χ3n) is 1.89. The summed E-state index contributed by atoms with van der Waals surface area (Å²) in [5.41, 5.74) is 0. The molecule has 0 heterocycles. The second-order valence-corrected chi connectivity index (χ2v) is 4.80. The minimum Gasteiger partial charge on any atom is -0.426 e. The van der Waals surface area contributed by atoms with Crippen molar-refractivity contribution in [3.63, 3.8) is 0 Å². The molecule has 0 fully saturated rings. The fourth-order valence-corrected chi connectivity index (χ4v) is 1.77.